The molecular formula is C22H16BrCl2N3O. The minimum atomic E-state index is -0.537. The summed E-state index contributed by atoms with van der Waals surface area (Å²) in [4.78, 5) is 12.6. The van der Waals surface area contributed by atoms with Crippen LogP contribution in [-0.2, 0) is 4.79 Å². The third-order valence-electron chi connectivity index (χ3n) is 4.40. The van der Waals surface area contributed by atoms with Crippen LogP contribution in [-0.4, -0.2) is 10.5 Å². The van der Waals surface area contributed by atoms with Crippen molar-refractivity contribution in [2.75, 3.05) is 5.32 Å². The van der Waals surface area contributed by atoms with Gasteiger partial charge in [-0.25, -0.2) is 0 Å². The Morgan fingerprint density at radius 3 is 2.45 bits per heavy atom. The van der Waals surface area contributed by atoms with Gasteiger partial charge in [-0.1, -0.05) is 39.1 Å². The molecule has 146 valence electrons. The number of rotatable bonds is 4. The van der Waals surface area contributed by atoms with Crippen molar-refractivity contribution >= 4 is 56.8 Å². The van der Waals surface area contributed by atoms with Gasteiger partial charge in [0.25, 0.3) is 5.91 Å². The van der Waals surface area contributed by atoms with Crippen molar-refractivity contribution < 1.29 is 4.79 Å². The molecule has 7 heteroatoms. The Kier molecular flexibility index (Phi) is 6.49. The summed E-state index contributed by atoms with van der Waals surface area (Å²) >= 11 is 15.4. The van der Waals surface area contributed by atoms with Crippen molar-refractivity contribution in [1.82, 2.24) is 4.57 Å². The number of nitriles is 1. The number of aryl methyl sites for hydroxylation is 1. The van der Waals surface area contributed by atoms with Gasteiger partial charge >= 0.3 is 0 Å². The van der Waals surface area contributed by atoms with Crippen LogP contribution in [0.15, 0.2) is 58.6 Å². The van der Waals surface area contributed by atoms with Crippen LogP contribution in [0.4, 0.5) is 5.69 Å². The van der Waals surface area contributed by atoms with Crippen molar-refractivity contribution in [2.24, 2.45) is 0 Å². The van der Waals surface area contributed by atoms with E-state index in [0.29, 0.717) is 15.7 Å². The summed E-state index contributed by atoms with van der Waals surface area (Å²) in [6, 6.07) is 16.6. The molecule has 0 saturated carbocycles. The zero-order chi connectivity index (χ0) is 21.1. The van der Waals surface area contributed by atoms with Crippen LogP contribution in [0.2, 0.25) is 10.0 Å². The number of hydrogen-bond acceptors (Lipinski definition) is 2. The molecule has 1 heterocycles. The van der Waals surface area contributed by atoms with E-state index in [-0.39, 0.29) is 5.57 Å². The van der Waals surface area contributed by atoms with Crippen LogP contribution in [0.25, 0.3) is 11.8 Å². The summed E-state index contributed by atoms with van der Waals surface area (Å²) in [5.41, 5.74) is 4.08. The number of nitrogens with one attached hydrogen (secondary N) is 1. The number of amides is 1. The summed E-state index contributed by atoms with van der Waals surface area (Å²) in [5, 5.41) is 12.9. The Morgan fingerprint density at radius 2 is 1.83 bits per heavy atom. The van der Waals surface area contributed by atoms with Gasteiger partial charge in [0.2, 0.25) is 0 Å². The van der Waals surface area contributed by atoms with E-state index in [0.717, 1.165) is 27.1 Å². The van der Waals surface area contributed by atoms with E-state index in [4.69, 9.17) is 23.2 Å². The van der Waals surface area contributed by atoms with E-state index in [1.165, 1.54) is 6.07 Å². The minimum absolute atomic E-state index is 0.0212. The maximum atomic E-state index is 12.6. The molecule has 2 aromatic carbocycles. The number of halogens is 3. The molecule has 3 rings (SSSR count). The van der Waals surface area contributed by atoms with E-state index in [1.807, 2.05) is 50.2 Å². The summed E-state index contributed by atoms with van der Waals surface area (Å²) < 4.78 is 3.06. The first-order chi connectivity index (χ1) is 13.8. The first-order valence-electron chi connectivity index (χ1n) is 8.63. The van der Waals surface area contributed by atoms with Crippen molar-refractivity contribution in [3.8, 4) is 11.8 Å². The number of benzene rings is 2. The molecular weight excluding hydrogens is 473 g/mol. The van der Waals surface area contributed by atoms with E-state index >= 15 is 0 Å². The number of anilines is 1. The predicted octanol–water partition coefficient (Wildman–Crippen LogP) is 6.71. The van der Waals surface area contributed by atoms with Gasteiger partial charge < -0.3 is 9.88 Å². The highest BCUT2D eigenvalue weighted by Crippen LogP contribution is 2.27. The molecule has 1 amide bonds. The first-order valence-corrected chi connectivity index (χ1v) is 10.2. The molecule has 0 aliphatic heterocycles. The Balaban J connectivity index is 1.93. The number of carbonyl (C=O) groups excluding carboxylic acids is 1. The molecule has 29 heavy (non-hydrogen) atoms. The lowest BCUT2D eigenvalue weighted by atomic mass is 10.1. The quantitative estimate of drug-likeness (QED) is 0.327. The van der Waals surface area contributed by atoms with Gasteiger partial charge in [-0.05, 0) is 74.0 Å². The molecule has 0 radical (unpaired) electrons. The summed E-state index contributed by atoms with van der Waals surface area (Å²) in [6.07, 6.45) is 1.58. The summed E-state index contributed by atoms with van der Waals surface area (Å²) in [5.74, 6) is -0.537. The number of nitrogens with zero attached hydrogens (tertiary/aromatic N) is 2. The normalized spacial score (nSPS) is 11.2. The zero-order valence-electron chi connectivity index (χ0n) is 15.6. The molecule has 0 saturated heterocycles. The average molecular weight is 489 g/mol. The van der Waals surface area contributed by atoms with Gasteiger partial charge in [-0.15, -0.1) is 0 Å². The predicted molar refractivity (Wildman–Crippen MR) is 122 cm³/mol. The van der Waals surface area contributed by atoms with Crippen molar-refractivity contribution in [3.05, 3.63) is 85.6 Å². The third kappa shape index (κ3) is 4.73. The maximum absolute atomic E-state index is 12.6. The second-order valence-electron chi connectivity index (χ2n) is 6.39. The fourth-order valence-corrected chi connectivity index (χ4v) is 3.73. The standard InChI is InChI=1S/C22H16BrCl2N3O/c1-13-9-15(14(2)28(13)19-6-3-17(23)4-7-19)10-16(12-26)22(29)27-21-8-5-18(24)11-20(21)25/h3-11H,1-2H3,(H,27,29)/b16-10-. The fourth-order valence-electron chi connectivity index (χ4n) is 3.01. The van der Waals surface area contributed by atoms with E-state index in [9.17, 15) is 10.1 Å². The fraction of sp³-hybridized carbons (Fsp3) is 0.0909. The van der Waals surface area contributed by atoms with E-state index in [1.54, 1.807) is 18.2 Å². The Labute approximate surface area is 187 Å². The van der Waals surface area contributed by atoms with Gasteiger partial charge in [0.05, 0.1) is 10.7 Å². The summed E-state index contributed by atoms with van der Waals surface area (Å²) in [7, 11) is 0. The molecule has 0 spiro atoms. The second kappa shape index (κ2) is 8.87. The zero-order valence-corrected chi connectivity index (χ0v) is 18.7. The van der Waals surface area contributed by atoms with Crippen molar-refractivity contribution in [3.63, 3.8) is 0 Å². The lowest BCUT2D eigenvalue weighted by Gasteiger charge is -2.10. The van der Waals surface area contributed by atoms with Gasteiger partial charge in [0.15, 0.2) is 0 Å². The van der Waals surface area contributed by atoms with Crippen LogP contribution in [0.5, 0.6) is 0 Å². The van der Waals surface area contributed by atoms with Gasteiger partial charge in [-0.2, -0.15) is 5.26 Å². The SMILES string of the molecule is Cc1cc(/C=C(/C#N)C(=O)Nc2ccc(Cl)cc2Cl)c(C)n1-c1ccc(Br)cc1. The third-order valence-corrected chi connectivity index (χ3v) is 5.48. The molecule has 0 fully saturated rings. The highest BCUT2D eigenvalue weighted by molar-refractivity contribution is 9.10. The van der Waals surface area contributed by atoms with E-state index < -0.39 is 5.91 Å². The molecule has 3 aromatic rings. The Hall–Kier alpha value is -2.52. The van der Waals surface area contributed by atoms with Gasteiger partial charge in [0.1, 0.15) is 11.6 Å². The van der Waals surface area contributed by atoms with Crippen LogP contribution in [0.1, 0.15) is 17.0 Å². The molecule has 4 nitrogen and oxygen atoms in total. The van der Waals surface area contributed by atoms with Gasteiger partial charge in [-0.3, -0.25) is 4.79 Å². The van der Waals surface area contributed by atoms with Crippen molar-refractivity contribution in [2.45, 2.75) is 13.8 Å². The monoisotopic (exact) mass is 487 g/mol. The molecule has 0 aliphatic carbocycles. The molecule has 0 bridgehead atoms. The topological polar surface area (TPSA) is 57.8 Å². The number of carbonyl (C=O) groups is 1. The molecule has 1 aromatic heterocycles. The lowest BCUT2D eigenvalue weighted by molar-refractivity contribution is -0.112. The minimum Gasteiger partial charge on any atom is -0.320 e. The second-order valence-corrected chi connectivity index (χ2v) is 8.15. The molecule has 0 unspecified atom stereocenters. The van der Waals surface area contributed by atoms with E-state index in [2.05, 4.69) is 25.8 Å². The highest BCUT2D eigenvalue weighted by atomic mass is 79.9. The average Bonchev–Trinajstić information content (AvgIpc) is 2.96. The molecule has 0 aliphatic rings. The highest BCUT2D eigenvalue weighted by Gasteiger charge is 2.15. The molecule has 0 atom stereocenters. The Bertz CT molecular complexity index is 1160. The van der Waals surface area contributed by atoms with Crippen LogP contribution in [0, 0.1) is 25.2 Å². The smallest absolute Gasteiger partial charge is 0.266 e. The number of aromatic nitrogens is 1. The largest absolute Gasteiger partial charge is 0.320 e. The lowest BCUT2D eigenvalue weighted by Crippen LogP contribution is -2.13. The number of hydrogen-bond donors (Lipinski definition) is 1. The van der Waals surface area contributed by atoms with Crippen LogP contribution >= 0.6 is 39.1 Å². The molecule has 1 N–H and O–H groups in total. The van der Waals surface area contributed by atoms with Crippen LogP contribution in [0.3, 0.4) is 0 Å². The van der Waals surface area contributed by atoms with Gasteiger partial charge in [0, 0.05) is 26.6 Å². The first kappa shape index (κ1) is 21.2. The van der Waals surface area contributed by atoms with Crippen molar-refractivity contribution in [1.29, 1.82) is 5.26 Å². The maximum Gasteiger partial charge on any atom is 0.266 e. The Morgan fingerprint density at radius 1 is 1.14 bits per heavy atom. The summed E-state index contributed by atoms with van der Waals surface area (Å²) in [6.45, 7) is 3.93. The van der Waals surface area contributed by atoms with Crippen LogP contribution < -0.4 is 5.32 Å².